The van der Waals surface area contributed by atoms with Crippen LogP contribution in [0.2, 0.25) is 0 Å². The van der Waals surface area contributed by atoms with Crippen LogP contribution in [0.1, 0.15) is 36.1 Å². The second-order valence-corrected chi connectivity index (χ2v) is 16.4. The van der Waals surface area contributed by atoms with E-state index in [4.69, 9.17) is 0 Å². The molecule has 0 aliphatic heterocycles. The Hall–Kier alpha value is -5.41. The third-order valence-corrected chi connectivity index (χ3v) is 10.2. The number of anilines is 4. The molecule has 0 spiro atoms. The molecule has 16 nitrogen and oxygen atoms in total. The van der Waals surface area contributed by atoms with Crippen LogP contribution in [0.4, 0.5) is 22.7 Å². The number of carbonyl (C=O) groups is 4. The van der Waals surface area contributed by atoms with Crippen molar-refractivity contribution in [2.75, 3.05) is 34.0 Å². The van der Waals surface area contributed by atoms with Gasteiger partial charge in [0.1, 0.15) is 22.9 Å². The van der Waals surface area contributed by atoms with E-state index in [2.05, 4.69) is 31.7 Å². The fourth-order valence-electron chi connectivity index (χ4n) is 5.39. The summed E-state index contributed by atoms with van der Waals surface area (Å²) in [6, 6.07) is 17.7. The molecule has 2 amide bonds. The summed E-state index contributed by atoms with van der Waals surface area (Å²) in [6.07, 6.45) is 7.99. The molecule has 297 valence electrons. The molecule has 2 aliphatic carbocycles. The molecule has 0 saturated carbocycles. The number of hydrogen-bond donors (Lipinski definition) is 6. The molecule has 1 radical (unpaired) electrons. The second-order valence-electron chi connectivity index (χ2n) is 12.3. The Balaban J connectivity index is 0.000000300. The molecule has 4 aromatic carbocycles. The van der Waals surface area contributed by atoms with Gasteiger partial charge in [0, 0.05) is 54.3 Å². The van der Waals surface area contributed by atoms with Gasteiger partial charge in [0.2, 0.25) is 23.4 Å². The van der Waals surface area contributed by atoms with E-state index in [-0.39, 0.29) is 102 Å². The molecule has 0 unspecified atom stereocenters. The van der Waals surface area contributed by atoms with Gasteiger partial charge in [-0.25, -0.2) is 16.8 Å². The zero-order valence-corrected chi connectivity index (χ0v) is 36.1. The minimum Gasteiger partial charge on any atom is -0.506 e. The zero-order valence-electron chi connectivity index (χ0n) is 31.4. The van der Waals surface area contributed by atoms with Gasteiger partial charge in [-0.1, -0.05) is 36.4 Å². The topological polar surface area (TPSA) is 250 Å². The Kier molecular flexibility index (Phi) is 15.7. The molecule has 0 aromatic heterocycles. The Morgan fingerprint density at radius 2 is 0.931 bits per heavy atom. The van der Waals surface area contributed by atoms with Crippen LogP contribution in [0, 0.1) is 0 Å². The van der Waals surface area contributed by atoms with Crippen molar-refractivity contribution in [2.24, 2.45) is 10.2 Å². The summed E-state index contributed by atoms with van der Waals surface area (Å²) in [5, 5.41) is 33.5. The van der Waals surface area contributed by atoms with Crippen molar-refractivity contribution in [2.45, 2.75) is 23.6 Å². The maximum atomic E-state index is 12.4. The van der Waals surface area contributed by atoms with Gasteiger partial charge in [-0.3, -0.25) is 30.0 Å². The number of benzene rings is 4. The van der Waals surface area contributed by atoms with Gasteiger partial charge in [-0.15, -0.1) is 0 Å². The Labute approximate surface area is 365 Å². The monoisotopic (exact) mass is 880 g/mol. The predicted molar refractivity (Wildman–Crippen MR) is 212 cm³/mol. The number of hydrogen-bond acceptors (Lipinski definition) is 14. The van der Waals surface area contributed by atoms with E-state index >= 15 is 0 Å². The van der Waals surface area contributed by atoms with Crippen LogP contribution in [0.5, 0.6) is 11.5 Å². The van der Waals surface area contributed by atoms with Crippen LogP contribution >= 0.6 is 0 Å². The van der Waals surface area contributed by atoms with Gasteiger partial charge in [0.15, 0.2) is 19.7 Å². The van der Waals surface area contributed by atoms with E-state index in [1.807, 2.05) is 0 Å². The third-order valence-electron chi connectivity index (χ3n) is 7.95. The number of ketones is 2. The Morgan fingerprint density at radius 3 is 1.26 bits per heavy atom. The second kappa shape index (κ2) is 19.4. The van der Waals surface area contributed by atoms with E-state index in [0.717, 1.165) is 12.5 Å². The number of hydrazone groups is 2. The van der Waals surface area contributed by atoms with Crippen molar-refractivity contribution in [1.82, 2.24) is 0 Å². The molecule has 6 N–H and O–H groups in total. The first-order valence-corrected chi connectivity index (χ1v) is 20.1. The first kappa shape index (κ1) is 47.0. The quantitative estimate of drug-likeness (QED) is 0.0834. The zero-order chi connectivity index (χ0) is 40.9. The summed E-state index contributed by atoms with van der Waals surface area (Å²) >= 11 is 0. The van der Waals surface area contributed by atoms with Crippen molar-refractivity contribution in [3.05, 3.63) is 107 Å². The number of fused-ring (bicyclic) bond motifs is 2. The summed E-state index contributed by atoms with van der Waals surface area (Å²) in [5.41, 5.74) is 8.24. The molecule has 58 heavy (non-hydrogen) atoms. The smallest absolute Gasteiger partial charge is 0.506 e. The predicted octanol–water partition coefficient (Wildman–Crippen LogP) is 1.33. The summed E-state index contributed by atoms with van der Waals surface area (Å²) < 4.78 is 46.9. The molecule has 20 heteroatoms. The standard InChI is InChI=1S/2C19H17N3O5S.Co.Na/c2*1-11(23)20-14-5-3-4-12-6-8-17(25)19(18(12)14)22-21-15-10-13(28(2,26)27)7-9-16(15)24;;/h2*3-10,21,24H,1-2H3,(H,20,23);;/q;;;+1/b2*22-19+;;. The number of aromatic hydroxyl groups is 2. The maximum Gasteiger partial charge on any atom is 1.00 e. The number of allylic oxidation sites excluding steroid dienone is 2. The van der Waals surface area contributed by atoms with Crippen LogP contribution in [-0.2, 0) is 55.6 Å². The third kappa shape index (κ3) is 11.4. The number of phenols is 2. The van der Waals surface area contributed by atoms with Gasteiger partial charge in [-0.05, 0) is 71.8 Å². The minimum atomic E-state index is -3.49. The summed E-state index contributed by atoms with van der Waals surface area (Å²) in [5.74, 6) is -1.88. The van der Waals surface area contributed by atoms with Gasteiger partial charge in [0.25, 0.3) is 0 Å². The molecule has 6 rings (SSSR count). The molecule has 0 heterocycles. The number of nitrogens with zero attached hydrogens (tertiary/aromatic N) is 2. The van der Waals surface area contributed by atoms with Crippen molar-refractivity contribution < 1.29 is 92.6 Å². The van der Waals surface area contributed by atoms with Crippen molar-refractivity contribution >= 4 is 89.4 Å². The molecule has 2 aliphatic rings. The normalized spacial score (nSPS) is 14.1. The summed E-state index contributed by atoms with van der Waals surface area (Å²) in [6.45, 7) is 2.70. The van der Waals surface area contributed by atoms with Crippen LogP contribution in [0.15, 0.2) is 105 Å². The molecular formula is C38H34CoN6NaO10S2+. The molecule has 0 atom stereocenters. The van der Waals surface area contributed by atoms with E-state index in [9.17, 15) is 46.2 Å². The fourth-order valence-corrected chi connectivity index (χ4v) is 6.69. The van der Waals surface area contributed by atoms with Crippen LogP contribution in [0.3, 0.4) is 0 Å². The SMILES string of the molecule is CC(=O)Nc1cccc2c1/C(=N/Nc1cc(S(C)(=O)=O)ccc1O)C(=O)C=C2.CC(=O)Nc1cccc2c1/C(=N/Nc1cc(S(C)(=O)=O)ccc1O)C(=O)C=C2.[Co].[Na+]. The average molecular weight is 881 g/mol. The fraction of sp³-hybridized carbons (Fsp3) is 0.105. The maximum absolute atomic E-state index is 12.4. The van der Waals surface area contributed by atoms with E-state index < -0.39 is 31.2 Å². The van der Waals surface area contributed by atoms with Gasteiger partial charge < -0.3 is 20.8 Å². The van der Waals surface area contributed by atoms with Crippen LogP contribution in [0.25, 0.3) is 12.2 Å². The van der Waals surface area contributed by atoms with Gasteiger partial charge >= 0.3 is 29.6 Å². The largest absolute Gasteiger partial charge is 1.00 e. The summed E-state index contributed by atoms with van der Waals surface area (Å²) in [4.78, 5) is 47.7. The molecule has 0 saturated heterocycles. The van der Waals surface area contributed by atoms with Crippen molar-refractivity contribution in [1.29, 1.82) is 0 Å². The molecular weight excluding hydrogens is 847 g/mol. The molecule has 4 aromatic rings. The summed E-state index contributed by atoms with van der Waals surface area (Å²) in [7, 11) is -6.98. The number of carbonyl (C=O) groups excluding carboxylic acids is 4. The van der Waals surface area contributed by atoms with Crippen LogP contribution in [-0.4, -0.2) is 74.4 Å². The first-order valence-electron chi connectivity index (χ1n) is 16.3. The number of phenolic OH excluding ortho intramolecular Hbond substituents is 2. The minimum absolute atomic E-state index is 0. The van der Waals surface area contributed by atoms with E-state index in [0.29, 0.717) is 33.6 Å². The van der Waals surface area contributed by atoms with Gasteiger partial charge in [0.05, 0.1) is 32.5 Å². The first-order chi connectivity index (χ1) is 26.3. The average Bonchev–Trinajstić information content (AvgIpc) is 3.11. The Bertz CT molecular complexity index is 2500. The van der Waals surface area contributed by atoms with E-state index in [1.54, 1.807) is 48.6 Å². The van der Waals surface area contributed by atoms with Crippen molar-refractivity contribution in [3.63, 3.8) is 0 Å². The number of rotatable bonds is 8. The van der Waals surface area contributed by atoms with Gasteiger partial charge in [-0.2, -0.15) is 10.2 Å². The van der Waals surface area contributed by atoms with Crippen molar-refractivity contribution in [3.8, 4) is 11.5 Å². The number of sulfone groups is 2. The molecule has 0 bridgehead atoms. The number of amides is 2. The van der Waals surface area contributed by atoms with Crippen LogP contribution < -0.4 is 51.0 Å². The number of nitrogens with one attached hydrogen (secondary N) is 4. The Morgan fingerprint density at radius 1 is 0.569 bits per heavy atom. The molecule has 0 fully saturated rings. The van der Waals surface area contributed by atoms with E-state index in [1.165, 1.54) is 62.4 Å².